The Morgan fingerprint density at radius 3 is 2.23 bits per heavy atom. The summed E-state index contributed by atoms with van der Waals surface area (Å²) >= 11 is 0. The van der Waals surface area contributed by atoms with Crippen molar-refractivity contribution in [1.29, 1.82) is 0 Å². The molecule has 0 unspecified atom stereocenters. The van der Waals surface area contributed by atoms with Crippen LogP contribution in [0.3, 0.4) is 0 Å². The van der Waals surface area contributed by atoms with E-state index in [0.717, 1.165) is 28.2 Å². The number of anilines is 2. The lowest BCUT2D eigenvalue weighted by Gasteiger charge is -2.20. The van der Waals surface area contributed by atoms with Crippen LogP contribution in [-0.2, 0) is 0 Å². The van der Waals surface area contributed by atoms with Crippen LogP contribution in [0.4, 0.5) is 11.5 Å². The first-order chi connectivity index (χ1) is 10.6. The van der Waals surface area contributed by atoms with Gasteiger partial charge in [0.2, 0.25) is 0 Å². The number of hydrogen-bond donors (Lipinski definition) is 1. The molecule has 1 N–H and O–H groups in total. The molecule has 4 nitrogen and oxygen atoms in total. The Morgan fingerprint density at radius 1 is 0.909 bits per heavy atom. The molecule has 0 aliphatic rings. The fourth-order valence-electron chi connectivity index (χ4n) is 2.23. The molecule has 114 valence electrons. The molecule has 1 aromatic heterocycles. The van der Waals surface area contributed by atoms with E-state index in [4.69, 9.17) is 0 Å². The van der Waals surface area contributed by atoms with E-state index in [1.54, 1.807) is 12.1 Å². The van der Waals surface area contributed by atoms with E-state index < -0.39 is 0 Å². The van der Waals surface area contributed by atoms with Crippen LogP contribution in [0.25, 0.3) is 10.9 Å². The molecular weight excluding hydrogens is 274 g/mol. The lowest BCUT2D eigenvalue weighted by Crippen LogP contribution is -2.12. The molecule has 3 aromatic rings. The molecule has 0 spiro atoms. The quantitative estimate of drug-likeness (QED) is 0.759. The molecule has 2 aromatic carbocycles. The van der Waals surface area contributed by atoms with Gasteiger partial charge in [-0.15, -0.1) is 0 Å². The van der Waals surface area contributed by atoms with Crippen LogP contribution in [-0.4, -0.2) is 22.1 Å². The Bertz CT molecular complexity index is 754. The van der Waals surface area contributed by atoms with Gasteiger partial charge in [-0.05, 0) is 43.3 Å². The molecule has 0 aliphatic carbocycles. The van der Waals surface area contributed by atoms with Crippen molar-refractivity contribution in [3.05, 3.63) is 54.4 Å². The summed E-state index contributed by atoms with van der Waals surface area (Å²) in [5, 5.41) is 10.4. The third-order valence-corrected chi connectivity index (χ3v) is 3.25. The summed E-state index contributed by atoms with van der Waals surface area (Å²) in [5.74, 6) is 1.86. The maximum atomic E-state index is 9.38. The van der Waals surface area contributed by atoms with Gasteiger partial charge in [0.25, 0.3) is 0 Å². The third-order valence-electron chi connectivity index (χ3n) is 3.25. The Balaban J connectivity index is 0.000000847. The predicted molar refractivity (Wildman–Crippen MR) is 91.8 cm³/mol. The summed E-state index contributed by atoms with van der Waals surface area (Å²) < 4.78 is 0. The minimum absolute atomic E-state index is 0.255. The van der Waals surface area contributed by atoms with Crippen LogP contribution in [0, 0.1) is 6.92 Å². The van der Waals surface area contributed by atoms with Gasteiger partial charge in [-0.1, -0.05) is 26.0 Å². The number of benzene rings is 2. The number of fused-ring (bicyclic) bond motifs is 1. The molecule has 3 rings (SSSR count). The van der Waals surface area contributed by atoms with E-state index in [1.807, 2.05) is 69.1 Å². The fraction of sp³-hybridized carbons (Fsp3) is 0.222. The number of aromatic hydroxyl groups is 1. The number of nitrogens with zero attached hydrogens (tertiary/aromatic N) is 3. The Morgan fingerprint density at radius 2 is 1.55 bits per heavy atom. The lowest BCUT2D eigenvalue weighted by molar-refractivity contribution is 0.475. The van der Waals surface area contributed by atoms with Crippen molar-refractivity contribution < 1.29 is 5.11 Å². The van der Waals surface area contributed by atoms with Crippen LogP contribution in [0.5, 0.6) is 5.75 Å². The summed E-state index contributed by atoms with van der Waals surface area (Å²) in [6.45, 7) is 5.89. The van der Waals surface area contributed by atoms with Gasteiger partial charge in [-0.3, -0.25) is 0 Å². The first kappa shape index (κ1) is 15.8. The minimum Gasteiger partial charge on any atom is -0.508 e. The van der Waals surface area contributed by atoms with E-state index in [1.165, 1.54) is 0 Å². The number of hydrogen-bond acceptors (Lipinski definition) is 4. The molecular formula is C18H21N3O. The topological polar surface area (TPSA) is 49.2 Å². The standard InChI is InChI=1S/C16H15N3O.C2H6/c1-11-17-15-6-4-3-5-14(15)16(18-11)19(2)12-7-9-13(20)10-8-12;1-2/h3-10,20H,1-2H3;1-2H3. The monoisotopic (exact) mass is 295 g/mol. The second-order valence-electron chi connectivity index (χ2n) is 4.69. The second kappa shape index (κ2) is 6.89. The van der Waals surface area contributed by atoms with Crippen molar-refractivity contribution in [2.24, 2.45) is 0 Å². The highest BCUT2D eigenvalue weighted by atomic mass is 16.3. The van der Waals surface area contributed by atoms with Crippen molar-refractivity contribution in [3.63, 3.8) is 0 Å². The van der Waals surface area contributed by atoms with E-state index in [0.29, 0.717) is 0 Å². The Hall–Kier alpha value is -2.62. The lowest BCUT2D eigenvalue weighted by atomic mass is 10.2. The van der Waals surface area contributed by atoms with Crippen LogP contribution in [0.1, 0.15) is 19.7 Å². The SMILES string of the molecule is CC.Cc1nc(N(C)c2ccc(O)cc2)c2ccccc2n1. The zero-order chi connectivity index (χ0) is 16.1. The molecule has 22 heavy (non-hydrogen) atoms. The number of phenols is 1. The van der Waals surface area contributed by atoms with Crippen molar-refractivity contribution in [1.82, 2.24) is 9.97 Å². The number of aromatic nitrogens is 2. The minimum atomic E-state index is 0.255. The van der Waals surface area contributed by atoms with E-state index in [9.17, 15) is 5.11 Å². The highest BCUT2D eigenvalue weighted by molar-refractivity contribution is 5.91. The van der Waals surface area contributed by atoms with Gasteiger partial charge < -0.3 is 10.0 Å². The molecule has 0 aliphatic heterocycles. The van der Waals surface area contributed by atoms with E-state index >= 15 is 0 Å². The number of para-hydroxylation sites is 1. The molecule has 0 saturated carbocycles. The molecule has 4 heteroatoms. The van der Waals surface area contributed by atoms with Crippen molar-refractivity contribution >= 4 is 22.4 Å². The summed E-state index contributed by atoms with van der Waals surface area (Å²) in [7, 11) is 1.96. The first-order valence-electron chi connectivity index (χ1n) is 7.41. The maximum Gasteiger partial charge on any atom is 0.144 e. The second-order valence-corrected chi connectivity index (χ2v) is 4.69. The van der Waals surface area contributed by atoms with Crippen LogP contribution < -0.4 is 4.90 Å². The largest absolute Gasteiger partial charge is 0.508 e. The summed E-state index contributed by atoms with van der Waals surface area (Å²) in [5.41, 5.74) is 1.90. The third kappa shape index (κ3) is 3.17. The Kier molecular flexibility index (Phi) is 4.94. The van der Waals surface area contributed by atoms with Gasteiger partial charge in [0.05, 0.1) is 5.52 Å². The molecule has 0 fully saturated rings. The number of rotatable bonds is 2. The van der Waals surface area contributed by atoms with Gasteiger partial charge in [-0.25, -0.2) is 9.97 Å². The summed E-state index contributed by atoms with van der Waals surface area (Å²) in [6, 6.07) is 15.0. The maximum absolute atomic E-state index is 9.38. The van der Waals surface area contributed by atoms with Crippen molar-refractivity contribution in [2.45, 2.75) is 20.8 Å². The van der Waals surface area contributed by atoms with Crippen molar-refractivity contribution in [3.8, 4) is 5.75 Å². The van der Waals surface area contributed by atoms with Crippen molar-refractivity contribution in [2.75, 3.05) is 11.9 Å². The highest BCUT2D eigenvalue weighted by Crippen LogP contribution is 2.29. The molecule has 0 saturated heterocycles. The van der Waals surface area contributed by atoms with Gasteiger partial charge in [0.1, 0.15) is 17.4 Å². The van der Waals surface area contributed by atoms with E-state index in [2.05, 4.69) is 9.97 Å². The van der Waals surface area contributed by atoms with Gasteiger partial charge >= 0.3 is 0 Å². The van der Waals surface area contributed by atoms with Gasteiger partial charge in [0, 0.05) is 18.1 Å². The highest BCUT2D eigenvalue weighted by Gasteiger charge is 2.11. The van der Waals surface area contributed by atoms with Gasteiger partial charge in [0.15, 0.2) is 0 Å². The molecule has 0 bridgehead atoms. The summed E-state index contributed by atoms with van der Waals surface area (Å²) in [6.07, 6.45) is 0. The Labute approximate surface area is 131 Å². The van der Waals surface area contributed by atoms with E-state index in [-0.39, 0.29) is 5.75 Å². The smallest absolute Gasteiger partial charge is 0.144 e. The average Bonchev–Trinajstić information content (AvgIpc) is 2.56. The fourth-order valence-corrected chi connectivity index (χ4v) is 2.23. The zero-order valence-corrected chi connectivity index (χ0v) is 13.4. The average molecular weight is 295 g/mol. The first-order valence-corrected chi connectivity index (χ1v) is 7.41. The number of aryl methyl sites for hydroxylation is 1. The predicted octanol–water partition coefficient (Wildman–Crippen LogP) is 4.44. The summed E-state index contributed by atoms with van der Waals surface area (Å²) in [4.78, 5) is 11.0. The van der Waals surface area contributed by atoms with Crippen LogP contribution in [0.15, 0.2) is 48.5 Å². The molecule has 0 atom stereocenters. The van der Waals surface area contributed by atoms with Gasteiger partial charge in [-0.2, -0.15) is 0 Å². The molecule has 1 heterocycles. The normalized spacial score (nSPS) is 10.0. The zero-order valence-electron chi connectivity index (χ0n) is 13.4. The molecule has 0 amide bonds. The number of phenolic OH excluding ortho intramolecular Hbond substituents is 1. The van der Waals surface area contributed by atoms with Crippen LogP contribution in [0.2, 0.25) is 0 Å². The molecule has 0 radical (unpaired) electrons. The van der Waals surface area contributed by atoms with Crippen LogP contribution >= 0.6 is 0 Å².